The number of benzene rings is 2. The Hall–Kier alpha value is -2.53. The molecule has 0 saturated heterocycles. The van der Waals surface area contributed by atoms with Crippen molar-refractivity contribution in [3.8, 4) is 17.3 Å². The number of aryl methyl sites for hydroxylation is 1. The van der Waals surface area contributed by atoms with Crippen LogP contribution in [-0.2, 0) is 7.05 Å². The van der Waals surface area contributed by atoms with E-state index >= 15 is 0 Å². The van der Waals surface area contributed by atoms with E-state index in [-0.39, 0.29) is 0 Å². The standard InChI is InChI=1S/C16H12N2/c1-18-15-8-7-12(11-17)9-14(15)10-16(18)13-5-3-2-4-6-13/h2-10H,1H3. The van der Waals surface area contributed by atoms with Crippen LogP contribution in [0.15, 0.2) is 54.6 Å². The summed E-state index contributed by atoms with van der Waals surface area (Å²) in [6.07, 6.45) is 0. The summed E-state index contributed by atoms with van der Waals surface area (Å²) in [6.45, 7) is 0. The molecule has 0 bridgehead atoms. The van der Waals surface area contributed by atoms with E-state index in [0.29, 0.717) is 5.56 Å². The van der Waals surface area contributed by atoms with Gasteiger partial charge in [0.05, 0.1) is 11.6 Å². The van der Waals surface area contributed by atoms with E-state index < -0.39 is 0 Å². The van der Waals surface area contributed by atoms with Gasteiger partial charge in [0.25, 0.3) is 0 Å². The minimum atomic E-state index is 0.702. The van der Waals surface area contributed by atoms with Crippen molar-refractivity contribution in [2.75, 3.05) is 0 Å². The van der Waals surface area contributed by atoms with Gasteiger partial charge in [0, 0.05) is 23.6 Å². The van der Waals surface area contributed by atoms with Crippen LogP contribution in [0.4, 0.5) is 0 Å². The fourth-order valence-electron chi connectivity index (χ4n) is 2.30. The predicted octanol–water partition coefficient (Wildman–Crippen LogP) is 3.72. The third-order valence-corrected chi connectivity index (χ3v) is 3.24. The molecular weight excluding hydrogens is 220 g/mol. The Labute approximate surface area is 106 Å². The molecule has 2 heteroatoms. The Morgan fingerprint density at radius 3 is 2.50 bits per heavy atom. The summed E-state index contributed by atoms with van der Waals surface area (Å²) in [6, 6.07) is 20.4. The average Bonchev–Trinajstić information content (AvgIpc) is 2.76. The molecule has 1 aromatic heterocycles. The van der Waals surface area contributed by atoms with Gasteiger partial charge in [-0.25, -0.2) is 0 Å². The van der Waals surface area contributed by atoms with E-state index in [0.717, 1.165) is 10.9 Å². The fourth-order valence-corrected chi connectivity index (χ4v) is 2.30. The van der Waals surface area contributed by atoms with E-state index in [1.807, 2.05) is 36.4 Å². The number of aromatic nitrogens is 1. The maximum Gasteiger partial charge on any atom is 0.0991 e. The number of nitrogens with zero attached hydrogens (tertiary/aromatic N) is 2. The van der Waals surface area contributed by atoms with E-state index in [2.05, 4.69) is 35.9 Å². The molecule has 0 saturated carbocycles. The van der Waals surface area contributed by atoms with Crippen molar-refractivity contribution in [1.29, 1.82) is 5.26 Å². The lowest BCUT2D eigenvalue weighted by atomic mass is 10.1. The minimum Gasteiger partial charge on any atom is -0.344 e. The second-order valence-corrected chi connectivity index (χ2v) is 4.34. The van der Waals surface area contributed by atoms with E-state index in [4.69, 9.17) is 5.26 Å². The molecule has 0 radical (unpaired) electrons. The molecule has 0 atom stereocenters. The first-order chi connectivity index (χ1) is 8.79. The number of hydrogen-bond acceptors (Lipinski definition) is 1. The third kappa shape index (κ3) is 1.57. The smallest absolute Gasteiger partial charge is 0.0991 e. The van der Waals surface area contributed by atoms with Crippen LogP contribution >= 0.6 is 0 Å². The summed E-state index contributed by atoms with van der Waals surface area (Å²) in [5.74, 6) is 0. The molecule has 0 aliphatic carbocycles. The van der Waals surface area contributed by atoms with Crippen molar-refractivity contribution >= 4 is 10.9 Å². The molecular formula is C16H12N2. The molecule has 2 aromatic carbocycles. The summed E-state index contributed by atoms with van der Waals surface area (Å²) < 4.78 is 2.16. The molecule has 3 aromatic rings. The highest BCUT2D eigenvalue weighted by Gasteiger charge is 2.07. The first-order valence-corrected chi connectivity index (χ1v) is 5.84. The zero-order chi connectivity index (χ0) is 12.5. The Morgan fingerprint density at radius 2 is 1.78 bits per heavy atom. The van der Waals surface area contributed by atoms with Gasteiger partial charge in [0.1, 0.15) is 0 Å². The zero-order valence-electron chi connectivity index (χ0n) is 10.1. The van der Waals surface area contributed by atoms with Crippen LogP contribution in [-0.4, -0.2) is 4.57 Å². The van der Waals surface area contributed by atoms with Gasteiger partial charge in [-0.15, -0.1) is 0 Å². The molecule has 1 heterocycles. The lowest BCUT2D eigenvalue weighted by molar-refractivity contribution is 0.978. The van der Waals surface area contributed by atoms with Crippen molar-refractivity contribution in [2.45, 2.75) is 0 Å². The lowest BCUT2D eigenvalue weighted by Gasteiger charge is -2.03. The first kappa shape index (κ1) is 10.6. The summed E-state index contributed by atoms with van der Waals surface area (Å²) in [5, 5.41) is 10.0. The SMILES string of the molecule is Cn1c(-c2ccccc2)cc2cc(C#N)ccc21. The minimum absolute atomic E-state index is 0.702. The molecule has 0 aliphatic rings. The topological polar surface area (TPSA) is 28.7 Å². The number of fused-ring (bicyclic) bond motifs is 1. The quantitative estimate of drug-likeness (QED) is 0.628. The summed E-state index contributed by atoms with van der Waals surface area (Å²) >= 11 is 0. The lowest BCUT2D eigenvalue weighted by Crippen LogP contribution is -1.90. The molecule has 0 fully saturated rings. The Bertz CT molecular complexity index is 746. The highest BCUT2D eigenvalue weighted by molar-refractivity contribution is 5.87. The van der Waals surface area contributed by atoms with Crippen LogP contribution in [0.1, 0.15) is 5.56 Å². The highest BCUT2D eigenvalue weighted by atomic mass is 14.9. The molecule has 0 unspecified atom stereocenters. The van der Waals surface area contributed by atoms with Gasteiger partial charge in [-0.2, -0.15) is 5.26 Å². The van der Waals surface area contributed by atoms with Gasteiger partial charge in [-0.3, -0.25) is 0 Å². The Kier molecular flexibility index (Phi) is 2.39. The van der Waals surface area contributed by atoms with Crippen molar-refractivity contribution in [2.24, 2.45) is 7.05 Å². The average molecular weight is 232 g/mol. The summed E-state index contributed by atoms with van der Waals surface area (Å²) in [5.41, 5.74) is 4.20. The molecule has 0 aliphatic heterocycles. The van der Waals surface area contributed by atoms with Gasteiger partial charge in [0.2, 0.25) is 0 Å². The zero-order valence-corrected chi connectivity index (χ0v) is 10.1. The van der Waals surface area contributed by atoms with Crippen LogP contribution in [0.25, 0.3) is 22.2 Å². The predicted molar refractivity (Wildman–Crippen MR) is 73.1 cm³/mol. The molecule has 18 heavy (non-hydrogen) atoms. The molecule has 0 amide bonds. The van der Waals surface area contributed by atoms with Gasteiger partial charge < -0.3 is 4.57 Å². The van der Waals surface area contributed by atoms with Gasteiger partial charge in [-0.1, -0.05) is 30.3 Å². The first-order valence-electron chi connectivity index (χ1n) is 5.84. The molecule has 0 spiro atoms. The highest BCUT2D eigenvalue weighted by Crippen LogP contribution is 2.27. The second-order valence-electron chi connectivity index (χ2n) is 4.34. The van der Waals surface area contributed by atoms with E-state index in [1.165, 1.54) is 11.3 Å². The number of hydrogen-bond donors (Lipinski definition) is 0. The third-order valence-electron chi connectivity index (χ3n) is 3.24. The van der Waals surface area contributed by atoms with E-state index in [9.17, 15) is 0 Å². The van der Waals surface area contributed by atoms with Crippen molar-refractivity contribution in [3.05, 3.63) is 60.2 Å². The van der Waals surface area contributed by atoms with Crippen LogP contribution in [0.2, 0.25) is 0 Å². The summed E-state index contributed by atoms with van der Waals surface area (Å²) in [7, 11) is 2.05. The largest absolute Gasteiger partial charge is 0.344 e. The van der Waals surface area contributed by atoms with Crippen LogP contribution in [0, 0.1) is 11.3 Å². The maximum absolute atomic E-state index is 8.93. The van der Waals surface area contributed by atoms with Crippen molar-refractivity contribution in [1.82, 2.24) is 4.57 Å². The molecule has 3 rings (SSSR count). The van der Waals surface area contributed by atoms with E-state index in [1.54, 1.807) is 0 Å². The Balaban J connectivity index is 2.27. The molecule has 0 N–H and O–H groups in total. The van der Waals surface area contributed by atoms with Crippen LogP contribution < -0.4 is 0 Å². The Morgan fingerprint density at radius 1 is 1.00 bits per heavy atom. The van der Waals surface area contributed by atoms with Crippen molar-refractivity contribution < 1.29 is 0 Å². The van der Waals surface area contributed by atoms with Crippen LogP contribution in [0.3, 0.4) is 0 Å². The molecule has 86 valence electrons. The second kappa shape index (κ2) is 4.05. The maximum atomic E-state index is 8.93. The summed E-state index contributed by atoms with van der Waals surface area (Å²) in [4.78, 5) is 0. The van der Waals surface area contributed by atoms with Gasteiger partial charge in [0.15, 0.2) is 0 Å². The fraction of sp³-hybridized carbons (Fsp3) is 0.0625. The monoisotopic (exact) mass is 232 g/mol. The van der Waals surface area contributed by atoms with Gasteiger partial charge in [-0.05, 0) is 29.8 Å². The van der Waals surface area contributed by atoms with Crippen LogP contribution in [0.5, 0.6) is 0 Å². The number of nitriles is 1. The van der Waals surface area contributed by atoms with Gasteiger partial charge >= 0.3 is 0 Å². The number of rotatable bonds is 1. The molecule has 2 nitrogen and oxygen atoms in total. The normalized spacial score (nSPS) is 10.4. The van der Waals surface area contributed by atoms with Crippen molar-refractivity contribution in [3.63, 3.8) is 0 Å².